The number of pyridine rings is 1. The molecule has 0 aliphatic rings. The van der Waals surface area contributed by atoms with Gasteiger partial charge in [0.05, 0.1) is 12.6 Å². The summed E-state index contributed by atoms with van der Waals surface area (Å²) in [6.07, 6.45) is 4.12. The highest BCUT2D eigenvalue weighted by molar-refractivity contribution is 5.89. The third-order valence-electron chi connectivity index (χ3n) is 3.32. The molecular formula is C17H21N3O3. The van der Waals surface area contributed by atoms with Crippen molar-refractivity contribution >= 4 is 11.7 Å². The highest BCUT2D eigenvalue weighted by Crippen LogP contribution is 2.17. The van der Waals surface area contributed by atoms with Gasteiger partial charge in [-0.25, -0.2) is 4.79 Å². The molecule has 0 spiro atoms. The van der Waals surface area contributed by atoms with Crippen molar-refractivity contribution in [3.05, 3.63) is 54.4 Å². The van der Waals surface area contributed by atoms with Gasteiger partial charge in [0.15, 0.2) is 0 Å². The molecule has 0 aliphatic heterocycles. The third-order valence-corrected chi connectivity index (χ3v) is 3.32. The molecule has 1 aromatic heterocycles. The molecule has 6 nitrogen and oxygen atoms in total. The van der Waals surface area contributed by atoms with Gasteiger partial charge >= 0.3 is 6.03 Å². The zero-order valence-electron chi connectivity index (χ0n) is 13.0. The van der Waals surface area contributed by atoms with Crippen LogP contribution in [0.5, 0.6) is 5.75 Å². The number of carbonyl (C=O) groups excluding carboxylic acids is 1. The van der Waals surface area contributed by atoms with E-state index in [1.165, 1.54) is 0 Å². The summed E-state index contributed by atoms with van der Waals surface area (Å²) in [5.41, 5.74) is 1.70. The zero-order chi connectivity index (χ0) is 16.5. The highest BCUT2D eigenvalue weighted by atomic mass is 16.5. The van der Waals surface area contributed by atoms with Crippen LogP contribution in [0, 0.1) is 0 Å². The largest absolute Gasteiger partial charge is 0.489 e. The van der Waals surface area contributed by atoms with Crippen molar-refractivity contribution in [3.8, 4) is 5.75 Å². The quantitative estimate of drug-likeness (QED) is 0.733. The van der Waals surface area contributed by atoms with Gasteiger partial charge in [-0.2, -0.15) is 0 Å². The lowest BCUT2D eigenvalue weighted by atomic mass is 10.2. The fourth-order valence-electron chi connectivity index (χ4n) is 1.91. The number of aliphatic hydroxyl groups excluding tert-OH is 1. The zero-order valence-corrected chi connectivity index (χ0v) is 13.0. The molecular weight excluding hydrogens is 294 g/mol. The molecule has 6 heteroatoms. The van der Waals surface area contributed by atoms with E-state index in [1.54, 1.807) is 36.7 Å². The minimum absolute atomic E-state index is 0.0777. The molecule has 2 rings (SSSR count). The predicted molar refractivity (Wildman–Crippen MR) is 88.3 cm³/mol. The molecule has 0 saturated heterocycles. The Balaban J connectivity index is 1.83. The van der Waals surface area contributed by atoms with Crippen molar-refractivity contribution in [1.82, 2.24) is 10.3 Å². The number of carbonyl (C=O) groups is 1. The monoisotopic (exact) mass is 315 g/mol. The van der Waals surface area contributed by atoms with Crippen LogP contribution in [-0.2, 0) is 6.61 Å². The summed E-state index contributed by atoms with van der Waals surface area (Å²) in [4.78, 5) is 15.7. The van der Waals surface area contributed by atoms with Gasteiger partial charge in [0, 0.05) is 18.1 Å². The molecule has 1 atom stereocenters. The van der Waals surface area contributed by atoms with Crippen LogP contribution in [0.3, 0.4) is 0 Å². The van der Waals surface area contributed by atoms with Gasteiger partial charge < -0.3 is 20.5 Å². The standard InChI is InChI=1S/C17H21N3O3/c1-2-14(11-21)19-17(22)20-15-3-5-16(6-4-15)23-12-13-7-9-18-10-8-13/h3-10,14,21H,2,11-12H2,1H3,(H2,19,20,22)/t14-/m0/s1. The molecule has 122 valence electrons. The van der Waals surface area contributed by atoms with E-state index in [-0.39, 0.29) is 18.7 Å². The van der Waals surface area contributed by atoms with Crippen molar-refractivity contribution in [3.63, 3.8) is 0 Å². The molecule has 2 amide bonds. The van der Waals surface area contributed by atoms with Crippen LogP contribution >= 0.6 is 0 Å². The van der Waals surface area contributed by atoms with Gasteiger partial charge in [-0.1, -0.05) is 6.92 Å². The van der Waals surface area contributed by atoms with E-state index in [0.29, 0.717) is 18.7 Å². The number of hydrogen-bond acceptors (Lipinski definition) is 4. The maximum absolute atomic E-state index is 11.8. The van der Waals surface area contributed by atoms with Crippen molar-refractivity contribution in [2.24, 2.45) is 0 Å². The van der Waals surface area contributed by atoms with E-state index in [4.69, 9.17) is 9.84 Å². The number of amides is 2. The Labute approximate surface area is 135 Å². The maximum atomic E-state index is 11.8. The molecule has 2 aromatic rings. The van der Waals surface area contributed by atoms with Gasteiger partial charge in [-0.05, 0) is 48.4 Å². The first kappa shape index (κ1) is 16.8. The van der Waals surface area contributed by atoms with Crippen LogP contribution in [0.4, 0.5) is 10.5 Å². The summed E-state index contributed by atoms with van der Waals surface area (Å²) in [6, 6.07) is 10.3. The number of hydrogen-bond donors (Lipinski definition) is 3. The number of urea groups is 1. The molecule has 1 heterocycles. The SMILES string of the molecule is CC[C@@H](CO)NC(=O)Nc1ccc(OCc2ccncc2)cc1. The Morgan fingerprint density at radius 2 is 1.91 bits per heavy atom. The highest BCUT2D eigenvalue weighted by Gasteiger charge is 2.08. The summed E-state index contributed by atoms with van der Waals surface area (Å²) in [7, 11) is 0. The second-order valence-corrected chi connectivity index (χ2v) is 5.05. The minimum atomic E-state index is -0.337. The van der Waals surface area contributed by atoms with Crippen LogP contribution in [0.15, 0.2) is 48.8 Å². The molecule has 3 N–H and O–H groups in total. The van der Waals surface area contributed by atoms with Gasteiger partial charge in [-0.15, -0.1) is 0 Å². The fourth-order valence-corrected chi connectivity index (χ4v) is 1.91. The van der Waals surface area contributed by atoms with E-state index in [2.05, 4.69) is 15.6 Å². The van der Waals surface area contributed by atoms with E-state index in [0.717, 1.165) is 11.3 Å². The normalized spacial score (nSPS) is 11.6. The van der Waals surface area contributed by atoms with Crippen molar-refractivity contribution in [1.29, 1.82) is 0 Å². The molecule has 0 fully saturated rings. The molecule has 1 aromatic carbocycles. The second kappa shape index (κ2) is 8.75. The van der Waals surface area contributed by atoms with Crippen LogP contribution < -0.4 is 15.4 Å². The van der Waals surface area contributed by atoms with Crippen LogP contribution in [0.2, 0.25) is 0 Å². The molecule has 0 saturated carbocycles. The fraction of sp³-hybridized carbons (Fsp3) is 0.294. The molecule has 0 unspecified atom stereocenters. The first-order chi connectivity index (χ1) is 11.2. The number of nitrogens with one attached hydrogen (secondary N) is 2. The summed E-state index contributed by atoms with van der Waals surface area (Å²) in [6.45, 7) is 2.28. The lowest BCUT2D eigenvalue weighted by Crippen LogP contribution is -2.39. The summed E-state index contributed by atoms with van der Waals surface area (Å²) < 4.78 is 5.66. The van der Waals surface area contributed by atoms with Crippen LogP contribution in [0.1, 0.15) is 18.9 Å². The van der Waals surface area contributed by atoms with Gasteiger partial charge in [0.25, 0.3) is 0 Å². The topological polar surface area (TPSA) is 83.5 Å². The van der Waals surface area contributed by atoms with E-state index < -0.39 is 0 Å². The Morgan fingerprint density at radius 1 is 1.22 bits per heavy atom. The number of ether oxygens (including phenoxy) is 1. The Bertz CT molecular complexity index is 598. The Hall–Kier alpha value is -2.60. The van der Waals surface area contributed by atoms with E-state index in [1.807, 2.05) is 19.1 Å². The van der Waals surface area contributed by atoms with Crippen molar-refractivity contribution in [2.75, 3.05) is 11.9 Å². The first-order valence-corrected chi connectivity index (χ1v) is 7.51. The van der Waals surface area contributed by atoms with Crippen molar-refractivity contribution in [2.45, 2.75) is 26.0 Å². The van der Waals surface area contributed by atoms with Gasteiger partial charge in [0.1, 0.15) is 12.4 Å². The lowest BCUT2D eigenvalue weighted by molar-refractivity contribution is 0.222. The number of rotatable bonds is 7. The minimum Gasteiger partial charge on any atom is -0.489 e. The van der Waals surface area contributed by atoms with E-state index >= 15 is 0 Å². The summed E-state index contributed by atoms with van der Waals surface area (Å²) >= 11 is 0. The average Bonchev–Trinajstić information content (AvgIpc) is 2.60. The van der Waals surface area contributed by atoms with Gasteiger partial charge in [-0.3, -0.25) is 4.98 Å². The molecule has 0 aliphatic carbocycles. The second-order valence-electron chi connectivity index (χ2n) is 5.05. The maximum Gasteiger partial charge on any atom is 0.319 e. The molecule has 0 bridgehead atoms. The molecule has 0 radical (unpaired) electrons. The van der Waals surface area contributed by atoms with Crippen LogP contribution in [-0.4, -0.2) is 28.8 Å². The summed E-state index contributed by atoms with van der Waals surface area (Å²) in [5, 5.41) is 14.5. The Kier molecular flexibility index (Phi) is 6.38. The average molecular weight is 315 g/mol. The smallest absolute Gasteiger partial charge is 0.319 e. The number of benzene rings is 1. The number of anilines is 1. The number of aliphatic hydroxyl groups is 1. The first-order valence-electron chi connectivity index (χ1n) is 7.51. The van der Waals surface area contributed by atoms with Gasteiger partial charge in [0.2, 0.25) is 0 Å². The summed E-state index contributed by atoms with van der Waals surface area (Å²) in [5.74, 6) is 0.717. The molecule has 23 heavy (non-hydrogen) atoms. The number of aromatic nitrogens is 1. The lowest BCUT2D eigenvalue weighted by Gasteiger charge is -2.15. The predicted octanol–water partition coefficient (Wildman–Crippen LogP) is 2.55. The van der Waals surface area contributed by atoms with Crippen LogP contribution in [0.25, 0.3) is 0 Å². The number of nitrogens with zero attached hydrogens (tertiary/aromatic N) is 1. The van der Waals surface area contributed by atoms with E-state index in [9.17, 15) is 4.79 Å². The Morgan fingerprint density at radius 3 is 2.52 bits per heavy atom. The van der Waals surface area contributed by atoms with Crippen molar-refractivity contribution < 1.29 is 14.6 Å². The third kappa shape index (κ3) is 5.60.